The fourth-order valence-corrected chi connectivity index (χ4v) is 2.38. The summed E-state index contributed by atoms with van der Waals surface area (Å²) in [6.45, 7) is 4.00. The molecule has 4 N–H and O–H groups in total. The van der Waals surface area contributed by atoms with Crippen LogP contribution in [0.25, 0.3) is 0 Å². The van der Waals surface area contributed by atoms with Crippen molar-refractivity contribution >= 4 is 35.4 Å². The third kappa shape index (κ3) is 10.2. The summed E-state index contributed by atoms with van der Waals surface area (Å²) < 4.78 is 9.64. The SMILES string of the molecule is C#C[C@H](CC(=O)OCC)NC(=O)CCC(=O)Nc1ccc(C(=N)NC(=O)OCCC)cc1. The number of carbonyl (C=O) groups excluding carboxylic acids is 4. The summed E-state index contributed by atoms with van der Waals surface area (Å²) in [6, 6.07) is 5.43. The second-order valence-electron chi connectivity index (χ2n) is 6.56. The lowest BCUT2D eigenvalue weighted by Crippen LogP contribution is -2.36. The summed E-state index contributed by atoms with van der Waals surface area (Å²) >= 11 is 0. The van der Waals surface area contributed by atoms with E-state index in [0.29, 0.717) is 17.7 Å². The Morgan fingerprint density at radius 3 is 2.31 bits per heavy atom. The number of terminal acetylenes is 1. The van der Waals surface area contributed by atoms with Crippen molar-refractivity contribution in [3.8, 4) is 12.3 Å². The molecule has 32 heavy (non-hydrogen) atoms. The number of amidine groups is 1. The predicted molar refractivity (Wildman–Crippen MR) is 118 cm³/mol. The van der Waals surface area contributed by atoms with Crippen LogP contribution in [-0.4, -0.2) is 49.0 Å². The van der Waals surface area contributed by atoms with Crippen molar-refractivity contribution in [2.24, 2.45) is 0 Å². The van der Waals surface area contributed by atoms with Crippen LogP contribution in [0.5, 0.6) is 0 Å². The third-order valence-corrected chi connectivity index (χ3v) is 3.91. The van der Waals surface area contributed by atoms with Crippen LogP contribution < -0.4 is 16.0 Å². The molecule has 3 amide bonds. The molecule has 0 radical (unpaired) electrons. The molecule has 1 atom stereocenters. The summed E-state index contributed by atoms with van der Waals surface area (Å²) in [4.78, 5) is 47.0. The van der Waals surface area contributed by atoms with Crippen LogP contribution >= 0.6 is 0 Å². The molecule has 0 heterocycles. The summed E-state index contributed by atoms with van der Waals surface area (Å²) in [5, 5.41) is 15.3. The van der Waals surface area contributed by atoms with Gasteiger partial charge in [-0.1, -0.05) is 12.8 Å². The van der Waals surface area contributed by atoms with Crippen LogP contribution in [0.1, 0.15) is 45.1 Å². The lowest BCUT2D eigenvalue weighted by Gasteiger charge is -2.12. The zero-order valence-corrected chi connectivity index (χ0v) is 18.2. The second kappa shape index (κ2) is 14.2. The number of carbonyl (C=O) groups is 4. The molecule has 1 aromatic carbocycles. The molecule has 0 saturated heterocycles. The summed E-state index contributed by atoms with van der Waals surface area (Å²) in [6.07, 6.45) is 4.93. The van der Waals surface area contributed by atoms with E-state index in [2.05, 4.69) is 21.9 Å². The Balaban J connectivity index is 2.45. The Kier molecular flexibility index (Phi) is 11.6. The van der Waals surface area contributed by atoms with Gasteiger partial charge in [0.05, 0.1) is 19.6 Å². The topological polar surface area (TPSA) is 147 Å². The molecule has 1 aromatic rings. The van der Waals surface area contributed by atoms with Gasteiger partial charge in [0, 0.05) is 24.1 Å². The minimum atomic E-state index is -0.805. The molecule has 10 heteroatoms. The molecule has 0 unspecified atom stereocenters. The Morgan fingerprint density at radius 2 is 1.72 bits per heavy atom. The lowest BCUT2D eigenvalue weighted by atomic mass is 10.1. The van der Waals surface area contributed by atoms with Gasteiger partial charge in [-0.15, -0.1) is 6.42 Å². The van der Waals surface area contributed by atoms with Crippen LogP contribution in [0.15, 0.2) is 24.3 Å². The van der Waals surface area contributed by atoms with E-state index in [1.807, 2.05) is 6.92 Å². The first kappa shape index (κ1) is 26.2. The smallest absolute Gasteiger partial charge is 0.412 e. The molecular formula is C22H28N4O6. The molecule has 0 aliphatic carbocycles. The average Bonchev–Trinajstić information content (AvgIpc) is 2.76. The molecule has 0 spiro atoms. The minimum absolute atomic E-state index is 0.0923. The molecule has 0 saturated carbocycles. The van der Waals surface area contributed by atoms with Gasteiger partial charge in [0.25, 0.3) is 0 Å². The van der Waals surface area contributed by atoms with Gasteiger partial charge in [0.15, 0.2) is 0 Å². The van der Waals surface area contributed by atoms with Gasteiger partial charge < -0.3 is 20.1 Å². The first-order valence-electron chi connectivity index (χ1n) is 10.1. The standard InChI is InChI=1S/C22H28N4O6/c1-4-13-32-22(30)26-21(23)15-7-9-17(10-8-15)25-19(28)12-11-18(27)24-16(5-2)14-20(29)31-6-3/h2,7-10,16H,4,6,11-14H2,1,3H3,(H,24,27)(H,25,28)(H2,23,26,30)/t16-/m1/s1. The average molecular weight is 444 g/mol. The first-order chi connectivity index (χ1) is 15.3. The number of amides is 3. The first-order valence-corrected chi connectivity index (χ1v) is 10.1. The van der Waals surface area contributed by atoms with E-state index in [-0.39, 0.29) is 38.3 Å². The summed E-state index contributed by atoms with van der Waals surface area (Å²) in [5.41, 5.74) is 0.891. The van der Waals surface area contributed by atoms with Crippen molar-refractivity contribution in [1.29, 1.82) is 5.41 Å². The normalized spacial score (nSPS) is 10.8. The zero-order valence-electron chi connectivity index (χ0n) is 18.2. The number of nitrogens with one attached hydrogen (secondary N) is 4. The molecule has 10 nitrogen and oxygen atoms in total. The third-order valence-electron chi connectivity index (χ3n) is 3.91. The Hall–Kier alpha value is -3.87. The van der Waals surface area contributed by atoms with Gasteiger partial charge in [0.2, 0.25) is 11.8 Å². The highest BCUT2D eigenvalue weighted by Gasteiger charge is 2.16. The van der Waals surface area contributed by atoms with E-state index in [1.165, 1.54) is 0 Å². The highest BCUT2D eigenvalue weighted by molar-refractivity contribution is 6.04. The molecule has 1 rings (SSSR count). The molecule has 0 aromatic heterocycles. The number of rotatable bonds is 11. The van der Waals surface area contributed by atoms with Gasteiger partial charge in [-0.2, -0.15) is 0 Å². The largest absolute Gasteiger partial charge is 0.466 e. The van der Waals surface area contributed by atoms with Crippen molar-refractivity contribution in [3.63, 3.8) is 0 Å². The van der Waals surface area contributed by atoms with Gasteiger partial charge in [-0.25, -0.2) is 4.79 Å². The number of alkyl carbamates (subject to hydrolysis) is 1. The lowest BCUT2D eigenvalue weighted by molar-refractivity contribution is -0.143. The molecule has 0 fully saturated rings. The zero-order chi connectivity index (χ0) is 23.9. The van der Waals surface area contributed by atoms with Crippen molar-refractivity contribution in [1.82, 2.24) is 10.6 Å². The van der Waals surface area contributed by atoms with Gasteiger partial charge in [-0.05, 0) is 37.6 Å². The van der Waals surface area contributed by atoms with Crippen LogP contribution in [-0.2, 0) is 23.9 Å². The van der Waals surface area contributed by atoms with Crippen molar-refractivity contribution in [2.75, 3.05) is 18.5 Å². The van der Waals surface area contributed by atoms with E-state index in [9.17, 15) is 19.2 Å². The minimum Gasteiger partial charge on any atom is -0.466 e. The van der Waals surface area contributed by atoms with Crippen LogP contribution in [0.4, 0.5) is 10.5 Å². The Bertz CT molecular complexity index is 860. The van der Waals surface area contributed by atoms with E-state index >= 15 is 0 Å². The molecule has 0 aliphatic rings. The van der Waals surface area contributed by atoms with Crippen LogP contribution in [0.2, 0.25) is 0 Å². The molecular weight excluding hydrogens is 416 g/mol. The number of hydrogen-bond acceptors (Lipinski definition) is 7. The quantitative estimate of drug-likeness (QED) is 0.177. The number of anilines is 1. The molecule has 172 valence electrons. The number of benzene rings is 1. The highest BCUT2D eigenvalue weighted by Crippen LogP contribution is 2.10. The summed E-state index contributed by atoms with van der Waals surface area (Å²) in [7, 11) is 0. The van der Waals surface area contributed by atoms with E-state index in [4.69, 9.17) is 21.3 Å². The molecule has 0 bridgehead atoms. The number of esters is 1. The Labute approximate surface area is 186 Å². The van der Waals surface area contributed by atoms with E-state index < -0.39 is 29.9 Å². The number of ether oxygens (including phenoxy) is 2. The van der Waals surface area contributed by atoms with Crippen LogP contribution in [0, 0.1) is 17.8 Å². The summed E-state index contributed by atoms with van der Waals surface area (Å²) in [5.74, 6) is 0.795. The maximum Gasteiger partial charge on any atom is 0.412 e. The van der Waals surface area contributed by atoms with Crippen molar-refractivity contribution < 1.29 is 28.7 Å². The fraction of sp³-hybridized carbons (Fsp3) is 0.409. The van der Waals surface area contributed by atoms with Crippen molar-refractivity contribution in [3.05, 3.63) is 29.8 Å². The fourth-order valence-electron chi connectivity index (χ4n) is 2.38. The van der Waals surface area contributed by atoms with Gasteiger partial charge in [-0.3, -0.25) is 25.1 Å². The highest BCUT2D eigenvalue weighted by atomic mass is 16.5. The van der Waals surface area contributed by atoms with E-state index in [1.54, 1.807) is 31.2 Å². The Morgan fingerprint density at radius 1 is 1.06 bits per heavy atom. The molecule has 0 aliphatic heterocycles. The maximum absolute atomic E-state index is 12.1. The second-order valence-corrected chi connectivity index (χ2v) is 6.56. The maximum atomic E-state index is 12.1. The van der Waals surface area contributed by atoms with E-state index in [0.717, 1.165) is 0 Å². The van der Waals surface area contributed by atoms with Gasteiger partial charge in [0.1, 0.15) is 11.9 Å². The van der Waals surface area contributed by atoms with Gasteiger partial charge >= 0.3 is 12.1 Å². The monoisotopic (exact) mass is 444 g/mol. The van der Waals surface area contributed by atoms with Crippen molar-refractivity contribution in [2.45, 2.75) is 45.6 Å². The van der Waals surface area contributed by atoms with Crippen LogP contribution in [0.3, 0.4) is 0 Å². The number of hydrogen-bond donors (Lipinski definition) is 4. The predicted octanol–water partition coefficient (Wildman–Crippen LogP) is 1.94.